The van der Waals surface area contributed by atoms with Crippen LogP contribution in [-0.4, -0.2) is 52.7 Å². The molecule has 0 saturated carbocycles. The van der Waals surface area contributed by atoms with E-state index in [1.54, 1.807) is 35.2 Å². The summed E-state index contributed by atoms with van der Waals surface area (Å²) in [4.78, 5) is 28.5. The van der Waals surface area contributed by atoms with Crippen LogP contribution < -0.4 is 10.6 Å². The van der Waals surface area contributed by atoms with Gasteiger partial charge in [-0.15, -0.1) is 0 Å². The number of halogens is 3. The van der Waals surface area contributed by atoms with Crippen molar-refractivity contribution in [3.63, 3.8) is 0 Å². The van der Waals surface area contributed by atoms with Crippen molar-refractivity contribution in [2.75, 3.05) is 31.1 Å². The van der Waals surface area contributed by atoms with Crippen LogP contribution in [-0.2, 0) is 18.0 Å². The number of nitriles is 1. The second-order valence-electron chi connectivity index (χ2n) is 8.67. The number of amides is 2. The van der Waals surface area contributed by atoms with E-state index in [0.717, 1.165) is 12.1 Å². The van der Waals surface area contributed by atoms with Gasteiger partial charge < -0.3 is 15.5 Å². The first-order chi connectivity index (χ1) is 15.6. The smallest absolute Gasteiger partial charge is 0.370 e. The van der Waals surface area contributed by atoms with Gasteiger partial charge >= 0.3 is 6.18 Å². The van der Waals surface area contributed by atoms with E-state index in [1.165, 1.54) is 10.7 Å². The maximum absolute atomic E-state index is 13.4. The number of aromatic nitrogens is 2. The van der Waals surface area contributed by atoms with Gasteiger partial charge in [-0.05, 0) is 37.1 Å². The number of nitrogens with zero attached hydrogens (tertiary/aromatic N) is 5. The number of rotatable bonds is 3. The van der Waals surface area contributed by atoms with E-state index >= 15 is 0 Å². The Morgan fingerprint density at radius 3 is 2.48 bits per heavy atom. The molecule has 2 amide bonds. The minimum absolute atomic E-state index is 0.155. The minimum atomic E-state index is -4.67. The normalized spacial score (nSPS) is 20.2. The van der Waals surface area contributed by atoms with Crippen molar-refractivity contribution in [3.8, 4) is 6.07 Å². The standard InChI is InChI=1S/C22H23F3N6O2/c1-29-18(4-7-28-29)20(33)30-8-5-21(6-9-30)13-31(12-17(21)19(27)32)15-3-2-14(11-26)16(10-15)22(23,24)25/h2-4,7,10,17H,5-6,8-9,12-13H2,1H3,(H2,27,32). The summed E-state index contributed by atoms with van der Waals surface area (Å²) in [5.41, 5.74) is 4.45. The zero-order chi connectivity index (χ0) is 24.0. The molecule has 0 aliphatic carbocycles. The largest absolute Gasteiger partial charge is 0.417 e. The van der Waals surface area contributed by atoms with Crippen LogP contribution >= 0.6 is 0 Å². The van der Waals surface area contributed by atoms with Crippen LogP contribution in [0.4, 0.5) is 18.9 Å². The fourth-order valence-corrected chi connectivity index (χ4v) is 5.03. The maximum atomic E-state index is 13.4. The highest BCUT2D eigenvalue weighted by atomic mass is 19.4. The SMILES string of the molecule is Cn1nccc1C(=O)N1CCC2(CC1)CN(c1ccc(C#N)c(C(F)(F)F)c1)CC2C(N)=O. The average molecular weight is 460 g/mol. The molecule has 2 saturated heterocycles. The van der Waals surface area contributed by atoms with Crippen LogP contribution in [0.2, 0.25) is 0 Å². The molecule has 1 atom stereocenters. The molecule has 8 nitrogen and oxygen atoms in total. The molecular formula is C22H23F3N6O2. The van der Waals surface area contributed by atoms with Gasteiger partial charge in [-0.2, -0.15) is 23.5 Å². The Labute approximate surface area is 188 Å². The van der Waals surface area contributed by atoms with Crippen molar-refractivity contribution in [2.24, 2.45) is 24.1 Å². The van der Waals surface area contributed by atoms with Crippen molar-refractivity contribution < 1.29 is 22.8 Å². The molecule has 1 aromatic carbocycles. The lowest BCUT2D eigenvalue weighted by Gasteiger charge is -2.41. The van der Waals surface area contributed by atoms with E-state index in [9.17, 15) is 22.8 Å². The van der Waals surface area contributed by atoms with Gasteiger partial charge in [0.2, 0.25) is 5.91 Å². The molecule has 0 radical (unpaired) electrons. The molecule has 2 aromatic rings. The maximum Gasteiger partial charge on any atom is 0.417 e. The zero-order valence-electron chi connectivity index (χ0n) is 18.0. The monoisotopic (exact) mass is 460 g/mol. The van der Waals surface area contributed by atoms with Crippen LogP contribution in [0.1, 0.15) is 34.5 Å². The number of anilines is 1. The Hall–Kier alpha value is -3.55. The highest BCUT2D eigenvalue weighted by molar-refractivity contribution is 5.92. The number of hydrogen-bond donors (Lipinski definition) is 1. The molecule has 174 valence electrons. The quantitative estimate of drug-likeness (QED) is 0.755. The van der Waals surface area contributed by atoms with Crippen LogP contribution in [0, 0.1) is 22.7 Å². The predicted octanol–water partition coefficient (Wildman–Crippen LogP) is 2.15. The molecule has 2 aliphatic rings. The summed E-state index contributed by atoms with van der Waals surface area (Å²) in [6.07, 6.45) is -2.12. The van der Waals surface area contributed by atoms with E-state index in [4.69, 9.17) is 11.0 Å². The van der Waals surface area contributed by atoms with Crippen molar-refractivity contribution in [1.29, 1.82) is 5.26 Å². The van der Waals surface area contributed by atoms with E-state index in [1.807, 2.05) is 0 Å². The van der Waals surface area contributed by atoms with E-state index in [0.29, 0.717) is 38.2 Å². The topological polar surface area (TPSA) is 108 Å². The highest BCUT2D eigenvalue weighted by Crippen LogP contribution is 2.47. The molecule has 2 aliphatic heterocycles. The first-order valence-electron chi connectivity index (χ1n) is 10.5. The van der Waals surface area contributed by atoms with Gasteiger partial charge in [0.15, 0.2) is 0 Å². The van der Waals surface area contributed by atoms with Crippen LogP contribution in [0.3, 0.4) is 0 Å². The number of carbonyl (C=O) groups excluding carboxylic acids is 2. The molecule has 33 heavy (non-hydrogen) atoms. The third kappa shape index (κ3) is 4.01. The van der Waals surface area contributed by atoms with Gasteiger partial charge in [0.05, 0.1) is 23.1 Å². The fourth-order valence-electron chi connectivity index (χ4n) is 5.03. The number of alkyl halides is 3. The molecule has 1 spiro atoms. The summed E-state index contributed by atoms with van der Waals surface area (Å²) in [6.45, 7) is 1.34. The van der Waals surface area contributed by atoms with Crippen LogP contribution in [0.15, 0.2) is 30.5 Å². The van der Waals surface area contributed by atoms with E-state index in [-0.39, 0.29) is 18.1 Å². The molecule has 4 rings (SSSR count). The first kappa shape index (κ1) is 22.6. The van der Waals surface area contributed by atoms with Crippen LogP contribution in [0.25, 0.3) is 0 Å². The van der Waals surface area contributed by atoms with Gasteiger partial charge in [0.25, 0.3) is 5.91 Å². The third-order valence-corrected chi connectivity index (χ3v) is 6.87. The molecule has 0 bridgehead atoms. The fraction of sp³-hybridized carbons (Fsp3) is 0.455. The molecule has 11 heteroatoms. The summed E-state index contributed by atoms with van der Waals surface area (Å²) in [5, 5.41) is 13.1. The summed E-state index contributed by atoms with van der Waals surface area (Å²) in [5.74, 6) is -1.22. The number of piperidine rings is 1. The van der Waals surface area contributed by atoms with Gasteiger partial charge in [-0.25, -0.2) is 0 Å². The Morgan fingerprint density at radius 1 is 1.24 bits per heavy atom. The Bertz CT molecular complexity index is 1130. The minimum Gasteiger partial charge on any atom is -0.370 e. The first-order valence-corrected chi connectivity index (χ1v) is 10.5. The molecule has 1 unspecified atom stereocenters. The Kier molecular flexibility index (Phi) is 5.56. The average Bonchev–Trinajstić information content (AvgIpc) is 3.36. The number of aryl methyl sites for hydroxylation is 1. The van der Waals surface area contributed by atoms with Crippen molar-refractivity contribution in [2.45, 2.75) is 19.0 Å². The van der Waals surface area contributed by atoms with Gasteiger partial charge in [0.1, 0.15) is 5.69 Å². The molecular weight excluding hydrogens is 437 g/mol. The number of benzene rings is 1. The number of nitrogens with two attached hydrogens (primary N) is 1. The Morgan fingerprint density at radius 2 is 1.94 bits per heavy atom. The molecule has 2 N–H and O–H groups in total. The summed E-state index contributed by atoms with van der Waals surface area (Å²) < 4.78 is 41.8. The van der Waals surface area contributed by atoms with Gasteiger partial charge in [-0.1, -0.05) is 0 Å². The number of primary amides is 1. The lowest BCUT2D eigenvalue weighted by atomic mass is 9.70. The lowest BCUT2D eigenvalue weighted by Crippen LogP contribution is -2.49. The van der Waals surface area contributed by atoms with Gasteiger partial charge in [-0.3, -0.25) is 14.3 Å². The lowest BCUT2D eigenvalue weighted by molar-refractivity contribution is -0.137. The van der Waals surface area contributed by atoms with Crippen molar-refractivity contribution in [1.82, 2.24) is 14.7 Å². The molecule has 3 heterocycles. The number of carbonyl (C=O) groups is 2. The Balaban J connectivity index is 1.56. The van der Waals surface area contributed by atoms with E-state index < -0.39 is 34.5 Å². The highest BCUT2D eigenvalue weighted by Gasteiger charge is 2.51. The second kappa shape index (κ2) is 8.10. The second-order valence-corrected chi connectivity index (χ2v) is 8.67. The number of hydrogen-bond acceptors (Lipinski definition) is 5. The number of likely N-dealkylation sites (tertiary alicyclic amines) is 1. The zero-order valence-corrected chi connectivity index (χ0v) is 18.0. The van der Waals surface area contributed by atoms with Gasteiger partial charge in [0, 0.05) is 50.5 Å². The predicted molar refractivity (Wildman–Crippen MR) is 112 cm³/mol. The molecule has 1 aromatic heterocycles. The van der Waals surface area contributed by atoms with Crippen LogP contribution in [0.5, 0.6) is 0 Å². The third-order valence-electron chi connectivity index (χ3n) is 6.87. The summed E-state index contributed by atoms with van der Waals surface area (Å²) >= 11 is 0. The summed E-state index contributed by atoms with van der Waals surface area (Å²) in [6, 6.07) is 6.79. The van der Waals surface area contributed by atoms with Crippen molar-refractivity contribution >= 4 is 17.5 Å². The molecule has 2 fully saturated rings. The van der Waals surface area contributed by atoms with Crippen molar-refractivity contribution in [3.05, 3.63) is 47.3 Å². The summed E-state index contributed by atoms with van der Waals surface area (Å²) in [7, 11) is 1.68. The van der Waals surface area contributed by atoms with E-state index in [2.05, 4.69) is 5.10 Å².